The number of halogens is 1. The fraction of sp³-hybridized carbons (Fsp3) is 0.421. The summed E-state index contributed by atoms with van der Waals surface area (Å²) < 4.78 is 0. The number of hydrogen-bond donors (Lipinski definition) is 3. The molecular weight excluding hydrogens is 445 g/mol. The maximum atomic E-state index is 10.6. The van der Waals surface area contributed by atoms with Gasteiger partial charge in [-0.05, 0) is 54.6 Å². The molecule has 25 heavy (non-hydrogen) atoms. The van der Waals surface area contributed by atoms with E-state index in [9.17, 15) is 5.11 Å². The quantitative estimate of drug-likeness (QED) is 0.237. The zero-order valence-corrected chi connectivity index (χ0v) is 18.0. The number of aliphatic hydroxyl groups is 1. The number of hydrogen-bond acceptors (Lipinski definition) is 3. The number of aliphatic imine (C=N–C) groups is 1. The number of nitrogens with one attached hydrogen (secondary N) is 2. The van der Waals surface area contributed by atoms with Crippen LogP contribution >= 0.6 is 35.3 Å². The average molecular weight is 473 g/mol. The highest BCUT2D eigenvalue weighted by Crippen LogP contribution is 2.23. The number of nitrogens with zero attached hydrogens (tertiary/aromatic N) is 1. The van der Waals surface area contributed by atoms with E-state index in [4.69, 9.17) is 0 Å². The summed E-state index contributed by atoms with van der Waals surface area (Å²) in [6, 6.07) is 12.4. The molecule has 0 saturated carbocycles. The van der Waals surface area contributed by atoms with Gasteiger partial charge < -0.3 is 15.7 Å². The Morgan fingerprint density at radius 1 is 1.20 bits per heavy atom. The van der Waals surface area contributed by atoms with E-state index in [-0.39, 0.29) is 24.0 Å². The van der Waals surface area contributed by atoms with Crippen molar-refractivity contribution in [3.8, 4) is 0 Å². The standard InChI is InChI=1S/C19H27N3OS.HI/c1-3-20-18(21-12-7-10-16-8-5-4-6-9-16)22-15-19(2,23)17-11-13-24-14-17;/h4-6,8-9,11,13-14,23H,3,7,10,12,15H2,1-2H3,(H2,20,21,22);1H. The largest absolute Gasteiger partial charge is 0.383 e. The molecule has 138 valence electrons. The maximum Gasteiger partial charge on any atom is 0.191 e. The van der Waals surface area contributed by atoms with Gasteiger partial charge in [-0.2, -0.15) is 11.3 Å². The van der Waals surface area contributed by atoms with Gasteiger partial charge in [0.1, 0.15) is 5.60 Å². The Kier molecular flexibility index (Phi) is 10.1. The third kappa shape index (κ3) is 7.75. The van der Waals surface area contributed by atoms with E-state index < -0.39 is 5.60 Å². The van der Waals surface area contributed by atoms with Crippen LogP contribution in [0.25, 0.3) is 0 Å². The molecule has 1 atom stereocenters. The molecule has 6 heteroatoms. The Hall–Kier alpha value is -1.12. The van der Waals surface area contributed by atoms with Crippen molar-refractivity contribution < 1.29 is 5.11 Å². The van der Waals surface area contributed by atoms with Gasteiger partial charge in [0, 0.05) is 13.1 Å². The first-order valence-electron chi connectivity index (χ1n) is 8.43. The normalized spacial score (nSPS) is 13.6. The summed E-state index contributed by atoms with van der Waals surface area (Å²) in [5.41, 5.74) is 1.32. The SMILES string of the molecule is CCNC(=NCC(C)(O)c1ccsc1)NCCCc1ccccc1.I. The molecule has 0 fully saturated rings. The minimum absolute atomic E-state index is 0. The van der Waals surface area contributed by atoms with E-state index in [0.29, 0.717) is 6.54 Å². The molecule has 2 rings (SSSR count). The van der Waals surface area contributed by atoms with Gasteiger partial charge in [0.15, 0.2) is 5.96 Å². The van der Waals surface area contributed by atoms with Crippen molar-refractivity contribution in [2.24, 2.45) is 4.99 Å². The van der Waals surface area contributed by atoms with Crippen molar-refractivity contribution in [3.05, 3.63) is 58.3 Å². The van der Waals surface area contributed by atoms with Crippen LogP contribution in [-0.4, -0.2) is 30.7 Å². The second-order valence-electron chi connectivity index (χ2n) is 6.00. The summed E-state index contributed by atoms with van der Waals surface area (Å²) in [6.45, 7) is 5.82. The first-order chi connectivity index (χ1) is 11.6. The third-order valence-corrected chi connectivity index (χ3v) is 4.49. The van der Waals surface area contributed by atoms with E-state index in [0.717, 1.165) is 37.5 Å². The summed E-state index contributed by atoms with van der Waals surface area (Å²) in [6.07, 6.45) is 2.08. The summed E-state index contributed by atoms with van der Waals surface area (Å²) in [4.78, 5) is 4.53. The van der Waals surface area contributed by atoms with Gasteiger partial charge in [-0.3, -0.25) is 0 Å². The fourth-order valence-corrected chi connectivity index (χ4v) is 3.16. The van der Waals surface area contributed by atoms with Gasteiger partial charge >= 0.3 is 0 Å². The molecule has 1 heterocycles. The number of guanidine groups is 1. The van der Waals surface area contributed by atoms with Gasteiger partial charge in [-0.15, -0.1) is 24.0 Å². The molecule has 1 aromatic carbocycles. The van der Waals surface area contributed by atoms with Gasteiger partial charge in [0.25, 0.3) is 0 Å². The third-order valence-electron chi connectivity index (χ3n) is 3.81. The predicted octanol–water partition coefficient (Wildman–Crippen LogP) is 3.76. The first kappa shape index (κ1) is 21.9. The Bertz CT molecular complexity index is 615. The first-order valence-corrected chi connectivity index (χ1v) is 9.37. The summed E-state index contributed by atoms with van der Waals surface area (Å²) in [5.74, 6) is 0.751. The maximum absolute atomic E-state index is 10.6. The lowest BCUT2D eigenvalue weighted by atomic mass is 10.00. The van der Waals surface area contributed by atoms with Crippen LogP contribution in [0.4, 0.5) is 0 Å². The average Bonchev–Trinajstić information content (AvgIpc) is 3.13. The zero-order chi connectivity index (χ0) is 17.3. The van der Waals surface area contributed by atoms with Crippen LogP contribution in [0.3, 0.4) is 0 Å². The molecule has 3 N–H and O–H groups in total. The van der Waals surface area contributed by atoms with Gasteiger partial charge in [-0.1, -0.05) is 30.3 Å². The summed E-state index contributed by atoms with van der Waals surface area (Å²) >= 11 is 1.59. The van der Waals surface area contributed by atoms with Crippen LogP contribution in [0, 0.1) is 0 Å². The van der Waals surface area contributed by atoms with Crippen molar-refractivity contribution in [2.75, 3.05) is 19.6 Å². The molecule has 0 radical (unpaired) electrons. The Morgan fingerprint density at radius 3 is 2.60 bits per heavy atom. The molecule has 4 nitrogen and oxygen atoms in total. The van der Waals surface area contributed by atoms with E-state index in [1.165, 1.54) is 5.56 Å². The Balaban J connectivity index is 0.00000312. The number of thiophene rings is 1. The van der Waals surface area contributed by atoms with Crippen LogP contribution in [-0.2, 0) is 12.0 Å². The second-order valence-corrected chi connectivity index (χ2v) is 6.78. The molecule has 0 bridgehead atoms. The topological polar surface area (TPSA) is 56.7 Å². The smallest absolute Gasteiger partial charge is 0.191 e. The van der Waals surface area contributed by atoms with Crippen LogP contribution < -0.4 is 10.6 Å². The van der Waals surface area contributed by atoms with E-state index in [1.807, 2.05) is 29.8 Å². The lowest BCUT2D eigenvalue weighted by Crippen LogP contribution is -2.39. The lowest BCUT2D eigenvalue weighted by Gasteiger charge is -2.21. The van der Waals surface area contributed by atoms with Crippen molar-refractivity contribution in [1.29, 1.82) is 0 Å². The summed E-state index contributed by atoms with van der Waals surface area (Å²) in [7, 11) is 0. The van der Waals surface area contributed by atoms with Crippen molar-refractivity contribution in [3.63, 3.8) is 0 Å². The molecule has 0 amide bonds. The highest BCUT2D eigenvalue weighted by atomic mass is 127. The van der Waals surface area contributed by atoms with Crippen molar-refractivity contribution in [1.82, 2.24) is 10.6 Å². The van der Waals surface area contributed by atoms with E-state index >= 15 is 0 Å². The highest BCUT2D eigenvalue weighted by molar-refractivity contribution is 14.0. The molecule has 0 aliphatic carbocycles. The zero-order valence-electron chi connectivity index (χ0n) is 14.9. The predicted molar refractivity (Wildman–Crippen MR) is 118 cm³/mol. The number of rotatable bonds is 8. The lowest BCUT2D eigenvalue weighted by molar-refractivity contribution is 0.0677. The van der Waals surface area contributed by atoms with E-state index in [1.54, 1.807) is 18.3 Å². The van der Waals surface area contributed by atoms with Crippen molar-refractivity contribution >= 4 is 41.3 Å². The minimum Gasteiger partial charge on any atom is -0.383 e. The number of aryl methyl sites for hydroxylation is 1. The minimum atomic E-state index is -0.938. The fourth-order valence-electron chi connectivity index (χ4n) is 2.38. The van der Waals surface area contributed by atoms with Crippen LogP contribution in [0.15, 0.2) is 52.2 Å². The van der Waals surface area contributed by atoms with Crippen LogP contribution in [0.1, 0.15) is 31.4 Å². The molecule has 0 aliphatic heterocycles. The van der Waals surface area contributed by atoms with Crippen LogP contribution in [0.5, 0.6) is 0 Å². The van der Waals surface area contributed by atoms with Gasteiger partial charge in [-0.25, -0.2) is 4.99 Å². The van der Waals surface area contributed by atoms with Gasteiger partial charge in [0.05, 0.1) is 6.54 Å². The van der Waals surface area contributed by atoms with E-state index in [2.05, 4.69) is 39.9 Å². The summed E-state index contributed by atoms with van der Waals surface area (Å²) in [5, 5.41) is 21.1. The molecule has 0 spiro atoms. The molecule has 1 aromatic heterocycles. The molecule has 2 aromatic rings. The van der Waals surface area contributed by atoms with Gasteiger partial charge in [0.2, 0.25) is 0 Å². The molecule has 0 aliphatic rings. The monoisotopic (exact) mass is 473 g/mol. The molecule has 1 unspecified atom stereocenters. The molecule has 0 saturated heterocycles. The Morgan fingerprint density at radius 2 is 1.96 bits per heavy atom. The Labute approximate surface area is 171 Å². The highest BCUT2D eigenvalue weighted by Gasteiger charge is 2.23. The number of benzene rings is 1. The van der Waals surface area contributed by atoms with Crippen molar-refractivity contribution in [2.45, 2.75) is 32.3 Å². The molecular formula is C19H28IN3OS. The second kappa shape index (κ2) is 11.5. The van der Waals surface area contributed by atoms with Crippen LogP contribution in [0.2, 0.25) is 0 Å².